The Morgan fingerprint density at radius 2 is 1.44 bits per heavy atom. The highest BCUT2D eigenvalue weighted by atomic mass is 32.1. The van der Waals surface area contributed by atoms with Crippen molar-refractivity contribution in [1.29, 1.82) is 0 Å². The average Bonchev–Trinajstić information content (AvgIpc) is 3.59. The van der Waals surface area contributed by atoms with E-state index in [1.54, 1.807) is 21.1 Å². The number of nitrogens with zero attached hydrogens (tertiary/aromatic N) is 2. The monoisotopic (exact) mass is 885 g/mol. The van der Waals surface area contributed by atoms with Crippen LogP contribution in [-0.2, 0) is 24.1 Å². The number of nitrogens with one attached hydrogen (secondary N) is 2. The molecule has 1 aromatic heterocycles. The summed E-state index contributed by atoms with van der Waals surface area (Å²) in [6.07, 6.45) is -0.564. The van der Waals surface area contributed by atoms with Crippen LogP contribution >= 0.6 is 20.2 Å². The van der Waals surface area contributed by atoms with E-state index < -0.39 is 43.0 Å². The van der Waals surface area contributed by atoms with Gasteiger partial charge in [0.05, 0.1) is 33.9 Å². The highest BCUT2D eigenvalue weighted by Gasteiger charge is 2.65. The van der Waals surface area contributed by atoms with E-state index in [9.17, 15) is 14.7 Å². The van der Waals surface area contributed by atoms with Crippen molar-refractivity contribution >= 4 is 25.2 Å². The maximum atomic E-state index is 13.5. The zero-order valence-corrected chi connectivity index (χ0v) is 38.3. The number of benzene rings is 4. The Hall–Kier alpha value is -4.76. The number of aromatic amines is 1. The summed E-state index contributed by atoms with van der Waals surface area (Å²) in [5, 5.41) is 16.9. The molecular weight excluding hydrogens is 828 g/mol. The minimum Gasteiger partial charge on any atom is -0.497 e. The number of aryl methyl sites for hydroxylation is 1. The molecule has 330 valence electrons. The second kappa shape index (κ2) is 20.2. The fraction of sp³-hybridized carbons (Fsp3) is 0.383. The molecule has 1 fully saturated rings. The lowest BCUT2D eigenvalue weighted by atomic mass is 9.80. The maximum Gasteiger partial charge on any atom is 0.463 e. The van der Waals surface area contributed by atoms with E-state index in [2.05, 4.69) is 14.7 Å². The SMILES string of the molecule is CCCO[P+](NC(=S)c1ccccc1)(O[C@@]1(O)C[C@H](n2cc(C)c(=O)[nH]c2=O)O[C@@H]1COC(c1ccccc1)(c1ccc(OC)cc1)c1ccc(OC)cc1)N(C(C)C)C(C)C. The fourth-order valence-electron chi connectivity index (χ4n) is 7.90. The quantitative estimate of drug-likeness (QED) is 0.0319. The number of rotatable bonds is 19. The number of ether oxygens (including phenoxy) is 4. The molecule has 0 aliphatic carbocycles. The van der Waals surface area contributed by atoms with Gasteiger partial charge in [-0.15, -0.1) is 9.19 Å². The van der Waals surface area contributed by atoms with Crippen molar-refractivity contribution in [2.75, 3.05) is 27.4 Å². The van der Waals surface area contributed by atoms with Crippen molar-refractivity contribution in [3.8, 4) is 11.5 Å². The smallest absolute Gasteiger partial charge is 0.463 e. The van der Waals surface area contributed by atoms with Crippen LogP contribution in [-0.4, -0.2) is 75.7 Å². The van der Waals surface area contributed by atoms with Crippen molar-refractivity contribution in [2.24, 2.45) is 0 Å². The third kappa shape index (κ3) is 9.88. The molecule has 3 N–H and O–H groups in total. The van der Waals surface area contributed by atoms with E-state index in [4.69, 9.17) is 40.2 Å². The molecule has 0 saturated carbocycles. The van der Waals surface area contributed by atoms with Crippen LogP contribution in [0.2, 0.25) is 0 Å². The minimum absolute atomic E-state index is 0.164. The largest absolute Gasteiger partial charge is 0.497 e. The van der Waals surface area contributed by atoms with Crippen molar-refractivity contribution in [2.45, 2.75) is 90.2 Å². The van der Waals surface area contributed by atoms with E-state index in [-0.39, 0.29) is 37.3 Å². The van der Waals surface area contributed by atoms with Crippen LogP contribution in [0.15, 0.2) is 125 Å². The molecular formula is C47H58N4O9PS+. The topological polar surface area (TPSA) is 146 Å². The predicted octanol–water partition coefficient (Wildman–Crippen LogP) is 8.05. The number of aliphatic hydroxyl groups is 1. The summed E-state index contributed by atoms with van der Waals surface area (Å²) in [6, 6.07) is 34.1. The van der Waals surface area contributed by atoms with Crippen LogP contribution < -0.4 is 25.8 Å². The van der Waals surface area contributed by atoms with Crippen molar-refractivity contribution in [3.63, 3.8) is 0 Å². The standard InChI is InChI=1S/C47H57N4O9PS/c1-9-28-58-61(51(32(2)3)33(4)5,49-44(62)35-16-12-10-13-17-35)60-46(54)29-42(50-30-34(6)43(52)48-45(50)53)59-41(46)31-57-47(36-18-14-11-15-19-36,37-20-24-39(55-7)25-21-37)38-22-26-40(56-8)27-23-38/h10-27,30,32-33,41-42,54H,9,28-29,31H2,1-8H3,(H-,48,49,52,53,62)/p+1/t41-,42-,46+,61?/m1/s1. The summed E-state index contributed by atoms with van der Waals surface area (Å²) in [6.45, 7) is 11.7. The van der Waals surface area contributed by atoms with Crippen LogP contribution in [0.1, 0.15) is 81.5 Å². The molecule has 1 aliphatic rings. The Labute approximate surface area is 369 Å². The molecule has 1 aliphatic heterocycles. The van der Waals surface area contributed by atoms with Crippen LogP contribution in [0, 0.1) is 6.92 Å². The predicted molar refractivity (Wildman–Crippen MR) is 245 cm³/mol. The zero-order valence-electron chi connectivity index (χ0n) is 36.6. The van der Waals surface area contributed by atoms with Crippen molar-refractivity contribution < 1.29 is 33.1 Å². The number of aromatic nitrogens is 2. The Kier molecular flexibility index (Phi) is 15.2. The number of hydrogen-bond acceptors (Lipinski definition) is 11. The highest BCUT2D eigenvalue weighted by Crippen LogP contribution is 2.66. The Morgan fingerprint density at radius 1 is 0.903 bits per heavy atom. The fourth-order valence-corrected chi connectivity index (χ4v) is 11.5. The maximum absolute atomic E-state index is 13.5. The zero-order chi connectivity index (χ0) is 44.7. The number of hydrogen-bond donors (Lipinski definition) is 3. The first-order valence-corrected chi connectivity index (χ1v) is 22.8. The summed E-state index contributed by atoms with van der Waals surface area (Å²) < 4.78 is 42.5. The van der Waals surface area contributed by atoms with Gasteiger partial charge < -0.3 is 24.1 Å². The van der Waals surface area contributed by atoms with Gasteiger partial charge >= 0.3 is 13.7 Å². The van der Waals surface area contributed by atoms with Gasteiger partial charge in [0.1, 0.15) is 34.4 Å². The lowest BCUT2D eigenvalue weighted by molar-refractivity contribution is -0.204. The molecule has 13 nitrogen and oxygen atoms in total. The average molecular weight is 886 g/mol. The lowest BCUT2D eigenvalue weighted by Gasteiger charge is -2.41. The molecule has 4 aromatic carbocycles. The first kappa shape index (κ1) is 46.7. The molecule has 0 bridgehead atoms. The summed E-state index contributed by atoms with van der Waals surface area (Å²) in [5.41, 5.74) is 0.796. The highest BCUT2D eigenvalue weighted by molar-refractivity contribution is 7.82. The molecule has 5 aromatic rings. The number of methoxy groups -OCH3 is 2. The summed E-state index contributed by atoms with van der Waals surface area (Å²) >= 11 is 6.06. The molecule has 0 amide bonds. The van der Waals surface area contributed by atoms with Gasteiger partial charge in [0.15, 0.2) is 0 Å². The van der Waals surface area contributed by atoms with Gasteiger partial charge in [-0.25, -0.2) is 4.79 Å². The molecule has 0 radical (unpaired) electrons. The van der Waals surface area contributed by atoms with Crippen LogP contribution in [0.5, 0.6) is 11.5 Å². The third-order valence-corrected chi connectivity index (χ3v) is 14.4. The second-order valence-corrected chi connectivity index (χ2v) is 18.3. The summed E-state index contributed by atoms with van der Waals surface area (Å²) in [4.78, 5) is 28.8. The second-order valence-electron chi connectivity index (χ2n) is 15.7. The Bertz CT molecular complexity index is 2310. The van der Waals surface area contributed by atoms with Crippen LogP contribution in [0.4, 0.5) is 0 Å². The first-order valence-electron chi connectivity index (χ1n) is 20.8. The molecule has 1 unspecified atom stereocenters. The van der Waals surface area contributed by atoms with Gasteiger partial charge in [0, 0.05) is 29.4 Å². The van der Waals surface area contributed by atoms with E-state index >= 15 is 0 Å². The molecule has 6 rings (SSSR count). The number of thiocarbonyl (C=S) groups is 1. The Morgan fingerprint density at radius 3 is 1.95 bits per heavy atom. The van der Waals surface area contributed by atoms with Crippen molar-refractivity contribution in [1.82, 2.24) is 19.3 Å². The third-order valence-electron chi connectivity index (χ3n) is 10.8. The van der Waals surface area contributed by atoms with Crippen LogP contribution in [0.25, 0.3) is 0 Å². The normalized spacial score (nSPS) is 18.8. The van der Waals surface area contributed by atoms with Gasteiger partial charge in [-0.3, -0.25) is 14.3 Å². The molecule has 1 saturated heterocycles. The summed E-state index contributed by atoms with van der Waals surface area (Å²) in [7, 11) is -0.412. The van der Waals surface area contributed by atoms with Gasteiger partial charge in [-0.1, -0.05) is 104 Å². The summed E-state index contributed by atoms with van der Waals surface area (Å²) in [5.74, 6) is -0.880. The van der Waals surface area contributed by atoms with Crippen molar-refractivity contribution in [3.05, 3.63) is 164 Å². The Balaban J connectivity index is 1.54. The van der Waals surface area contributed by atoms with Crippen LogP contribution in [0.3, 0.4) is 0 Å². The van der Waals surface area contributed by atoms with Gasteiger partial charge in [0.2, 0.25) is 5.79 Å². The lowest BCUT2D eigenvalue weighted by Crippen LogP contribution is -2.52. The van der Waals surface area contributed by atoms with E-state index in [0.29, 0.717) is 22.9 Å². The number of H-pyrrole nitrogens is 1. The molecule has 4 atom stereocenters. The van der Waals surface area contributed by atoms with Gasteiger partial charge in [-0.2, -0.15) is 9.61 Å². The van der Waals surface area contributed by atoms with E-state index in [1.165, 1.54) is 10.8 Å². The molecule has 0 spiro atoms. The van der Waals surface area contributed by atoms with Gasteiger partial charge in [-0.05, 0) is 82.0 Å². The minimum atomic E-state index is -3.63. The molecule has 62 heavy (non-hydrogen) atoms. The van der Waals surface area contributed by atoms with Gasteiger partial charge in [0.25, 0.3) is 5.56 Å². The van der Waals surface area contributed by atoms with E-state index in [0.717, 1.165) is 22.3 Å². The van der Waals surface area contributed by atoms with E-state index in [1.807, 2.05) is 144 Å². The molecule has 2 heterocycles. The first-order chi connectivity index (χ1) is 29.7. The molecule has 15 heteroatoms.